The van der Waals surface area contributed by atoms with Crippen molar-refractivity contribution in [1.29, 1.82) is 0 Å². The highest BCUT2D eigenvalue weighted by atomic mass is 16.5. The smallest absolute Gasteiger partial charge is 0.0645 e. The topological polar surface area (TPSA) is 24.5 Å². The van der Waals surface area contributed by atoms with Crippen LogP contribution in [0.15, 0.2) is 0 Å². The molecule has 2 aliphatic rings. The molecule has 0 atom stereocenters. The maximum atomic E-state index is 5.66. The van der Waals surface area contributed by atoms with E-state index in [1.807, 2.05) is 0 Å². The number of morpholine rings is 1. The van der Waals surface area contributed by atoms with Gasteiger partial charge in [-0.2, -0.15) is 0 Å². The van der Waals surface area contributed by atoms with Crippen LogP contribution in [0.5, 0.6) is 0 Å². The van der Waals surface area contributed by atoms with Crippen LogP contribution in [0.1, 0.15) is 52.9 Å². The van der Waals surface area contributed by atoms with Crippen LogP contribution in [-0.4, -0.2) is 49.8 Å². The second-order valence-corrected chi connectivity index (χ2v) is 7.13. The van der Waals surface area contributed by atoms with Crippen LogP contribution < -0.4 is 5.32 Å². The van der Waals surface area contributed by atoms with E-state index >= 15 is 0 Å². The Kier molecular flexibility index (Phi) is 5.27. The van der Waals surface area contributed by atoms with Gasteiger partial charge in [-0.05, 0) is 38.6 Å². The van der Waals surface area contributed by atoms with Gasteiger partial charge in [-0.25, -0.2) is 0 Å². The zero-order valence-electron chi connectivity index (χ0n) is 13.1. The highest BCUT2D eigenvalue weighted by Gasteiger charge is 2.39. The molecular weight excluding hydrogens is 236 g/mol. The molecule has 0 amide bonds. The van der Waals surface area contributed by atoms with E-state index in [9.17, 15) is 0 Å². The normalized spacial score (nSPS) is 27.3. The minimum Gasteiger partial charge on any atom is -0.378 e. The van der Waals surface area contributed by atoms with E-state index in [1.165, 1.54) is 45.2 Å². The fourth-order valence-electron chi connectivity index (χ4n) is 3.67. The standard InChI is InChI=1S/C16H32N2O/c1-4-17-12-16(8-6-5-7-9-16)13-18-10-11-19-14-15(18,2)3/h17H,4-14H2,1-3H3. The lowest BCUT2D eigenvalue weighted by atomic mass is 9.73. The van der Waals surface area contributed by atoms with Gasteiger partial charge < -0.3 is 10.1 Å². The van der Waals surface area contributed by atoms with Crippen LogP contribution in [0.2, 0.25) is 0 Å². The van der Waals surface area contributed by atoms with Crippen molar-refractivity contribution in [2.24, 2.45) is 5.41 Å². The summed E-state index contributed by atoms with van der Waals surface area (Å²) in [6, 6.07) is 0. The average molecular weight is 268 g/mol. The molecular formula is C16H32N2O. The van der Waals surface area contributed by atoms with Crippen LogP contribution in [0.3, 0.4) is 0 Å². The van der Waals surface area contributed by atoms with Crippen molar-refractivity contribution >= 4 is 0 Å². The third-order valence-electron chi connectivity index (χ3n) is 5.01. The second-order valence-electron chi connectivity index (χ2n) is 7.13. The Morgan fingerprint density at radius 1 is 1.16 bits per heavy atom. The van der Waals surface area contributed by atoms with E-state index in [0.29, 0.717) is 5.41 Å². The van der Waals surface area contributed by atoms with Crippen LogP contribution in [0.25, 0.3) is 0 Å². The molecule has 0 aromatic carbocycles. The first kappa shape index (κ1) is 15.3. The molecule has 2 fully saturated rings. The van der Waals surface area contributed by atoms with Crippen molar-refractivity contribution < 1.29 is 4.74 Å². The Labute approximate surface area is 119 Å². The number of ether oxygens (including phenoxy) is 1. The third-order valence-corrected chi connectivity index (χ3v) is 5.01. The molecule has 0 bridgehead atoms. The Balaban J connectivity index is 2.01. The monoisotopic (exact) mass is 268 g/mol. The first-order valence-corrected chi connectivity index (χ1v) is 8.12. The lowest BCUT2D eigenvalue weighted by molar-refractivity contribution is -0.0726. The third kappa shape index (κ3) is 3.93. The van der Waals surface area contributed by atoms with E-state index < -0.39 is 0 Å². The van der Waals surface area contributed by atoms with E-state index in [1.54, 1.807) is 0 Å². The summed E-state index contributed by atoms with van der Waals surface area (Å²) < 4.78 is 5.66. The molecule has 0 unspecified atom stereocenters. The van der Waals surface area contributed by atoms with Gasteiger partial charge in [0.15, 0.2) is 0 Å². The lowest BCUT2D eigenvalue weighted by Crippen LogP contribution is -2.57. The van der Waals surface area contributed by atoms with E-state index in [2.05, 4.69) is 31.0 Å². The number of hydrogen-bond donors (Lipinski definition) is 1. The van der Waals surface area contributed by atoms with Gasteiger partial charge in [0.25, 0.3) is 0 Å². The minimum absolute atomic E-state index is 0.203. The molecule has 2 rings (SSSR count). The predicted molar refractivity (Wildman–Crippen MR) is 80.5 cm³/mol. The SMILES string of the molecule is CCNCC1(CN2CCOCC2(C)C)CCCCC1. The Morgan fingerprint density at radius 3 is 2.53 bits per heavy atom. The van der Waals surface area contributed by atoms with Crippen LogP contribution in [0.4, 0.5) is 0 Å². The van der Waals surface area contributed by atoms with Gasteiger partial charge in [-0.1, -0.05) is 26.2 Å². The van der Waals surface area contributed by atoms with Gasteiger partial charge >= 0.3 is 0 Å². The second kappa shape index (κ2) is 6.55. The summed E-state index contributed by atoms with van der Waals surface area (Å²) in [6.45, 7) is 13.3. The minimum atomic E-state index is 0.203. The van der Waals surface area contributed by atoms with Crippen molar-refractivity contribution in [2.45, 2.75) is 58.4 Å². The Bertz CT molecular complexity index is 272. The molecule has 0 radical (unpaired) electrons. The number of rotatable bonds is 5. The van der Waals surface area contributed by atoms with E-state index in [4.69, 9.17) is 4.74 Å². The van der Waals surface area contributed by atoms with Crippen molar-refractivity contribution in [3.8, 4) is 0 Å². The fraction of sp³-hybridized carbons (Fsp3) is 1.00. The van der Waals surface area contributed by atoms with Crippen molar-refractivity contribution in [1.82, 2.24) is 10.2 Å². The molecule has 1 heterocycles. The number of hydrogen-bond acceptors (Lipinski definition) is 3. The van der Waals surface area contributed by atoms with Crippen LogP contribution in [-0.2, 0) is 4.74 Å². The average Bonchev–Trinajstić information content (AvgIpc) is 2.40. The van der Waals surface area contributed by atoms with Crippen molar-refractivity contribution in [2.75, 3.05) is 39.4 Å². The summed E-state index contributed by atoms with van der Waals surface area (Å²) in [5.74, 6) is 0. The van der Waals surface area contributed by atoms with Gasteiger partial charge in [-0.15, -0.1) is 0 Å². The van der Waals surface area contributed by atoms with E-state index in [0.717, 1.165) is 26.3 Å². The molecule has 0 aromatic heterocycles. The fourth-order valence-corrected chi connectivity index (χ4v) is 3.67. The molecule has 0 spiro atoms. The number of nitrogens with one attached hydrogen (secondary N) is 1. The Hall–Kier alpha value is -0.120. The largest absolute Gasteiger partial charge is 0.378 e. The summed E-state index contributed by atoms with van der Waals surface area (Å²) in [6.07, 6.45) is 7.05. The molecule has 1 aliphatic carbocycles. The summed E-state index contributed by atoms with van der Waals surface area (Å²) in [5, 5.41) is 3.62. The molecule has 112 valence electrons. The van der Waals surface area contributed by atoms with Gasteiger partial charge in [0.05, 0.1) is 13.2 Å². The maximum Gasteiger partial charge on any atom is 0.0645 e. The summed E-state index contributed by atoms with van der Waals surface area (Å²) in [5.41, 5.74) is 0.706. The van der Waals surface area contributed by atoms with Gasteiger partial charge in [-0.3, -0.25) is 4.90 Å². The summed E-state index contributed by atoms with van der Waals surface area (Å²) in [7, 11) is 0. The summed E-state index contributed by atoms with van der Waals surface area (Å²) in [4.78, 5) is 2.68. The molecule has 1 saturated carbocycles. The molecule has 0 aromatic rings. The zero-order chi connectivity index (χ0) is 13.8. The van der Waals surface area contributed by atoms with Crippen LogP contribution >= 0.6 is 0 Å². The van der Waals surface area contributed by atoms with E-state index in [-0.39, 0.29) is 5.54 Å². The molecule has 1 saturated heterocycles. The predicted octanol–water partition coefficient (Wildman–Crippen LogP) is 2.66. The Morgan fingerprint density at radius 2 is 1.89 bits per heavy atom. The first-order chi connectivity index (χ1) is 9.08. The zero-order valence-corrected chi connectivity index (χ0v) is 13.1. The molecule has 1 N–H and O–H groups in total. The van der Waals surface area contributed by atoms with Gasteiger partial charge in [0.1, 0.15) is 0 Å². The highest BCUT2D eigenvalue weighted by molar-refractivity contribution is 4.93. The van der Waals surface area contributed by atoms with Gasteiger partial charge in [0.2, 0.25) is 0 Å². The van der Waals surface area contributed by atoms with Crippen LogP contribution in [0, 0.1) is 5.41 Å². The quantitative estimate of drug-likeness (QED) is 0.829. The highest BCUT2D eigenvalue weighted by Crippen LogP contribution is 2.38. The molecule has 19 heavy (non-hydrogen) atoms. The molecule has 1 aliphatic heterocycles. The summed E-state index contributed by atoms with van der Waals surface area (Å²) >= 11 is 0. The first-order valence-electron chi connectivity index (χ1n) is 8.12. The van der Waals surface area contributed by atoms with Crippen molar-refractivity contribution in [3.63, 3.8) is 0 Å². The maximum absolute atomic E-state index is 5.66. The lowest BCUT2D eigenvalue weighted by Gasteiger charge is -2.49. The molecule has 3 nitrogen and oxygen atoms in total. The van der Waals surface area contributed by atoms with Gasteiger partial charge in [0, 0.05) is 25.2 Å². The molecule has 3 heteroatoms. The number of nitrogens with zero attached hydrogens (tertiary/aromatic N) is 1. The van der Waals surface area contributed by atoms with Crippen molar-refractivity contribution in [3.05, 3.63) is 0 Å².